The van der Waals surface area contributed by atoms with Gasteiger partial charge in [-0.25, -0.2) is 4.98 Å². The predicted octanol–water partition coefficient (Wildman–Crippen LogP) is 2.73. The quantitative estimate of drug-likeness (QED) is 0.689. The molecule has 3 heterocycles. The third kappa shape index (κ3) is 3.74. The van der Waals surface area contributed by atoms with Gasteiger partial charge in [0.2, 0.25) is 5.91 Å². The van der Waals surface area contributed by atoms with Gasteiger partial charge in [-0.15, -0.1) is 11.8 Å². The summed E-state index contributed by atoms with van der Waals surface area (Å²) in [5.41, 5.74) is 4.57. The molecule has 0 bridgehead atoms. The second-order valence-electron chi connectivity index (χ2n) is 7.62. The lowest BCUT2D eigenvalue weighted by molar-refractivity contribution is -0.119. The Morgan fingerprint density at radius 1 is 1.26 bits per heavy atom. The minimum absolute atomic E-state index is 0.136. The molecule has 2 aliphatic rings. The van der Waals surface area contributed by atoms with Gasteiger partial charge in [-0.05, 0) is 28.8 Å². The molecule has 1 atom stereocenters. The first-order valence-corrected chi connectivity index (χ1v) is 11.0. The van der Waals surface area contributed by atoms with E-state index in [1.54, 1.807) is 34.6 Å². The Morgan fingerprint density at radius 2 is 2.10 bits per heavy atom. The van der Waals surface area contributed by atoms with Crippen LogP contribution >= 0.6 is 11.8 Å². The van der Waals surface area contributed by atoms with E-state index < -0.39 is 6.04 Å². The number of likely N-dealkylation sites (N-methyl/N-ethyl adjacent to an activating group) is 1. The average Bonchev–Trinajstić information content (AvgIpc) is 3.42. The van der Waals surface area contributed by atoms with Crippen LogP contribution in [0.15, 0.2) is 64.9 Å². The number of benzene rings is 2. The highest BCUT2D eigenvalue weighted by molar-refractivity contribution is 7.99. The normalized spacial score (nSPS) is 17.3. The fourth-order valence-corrected chi connectivity index (χ4v) is 4.99. The number of fused-ring (bicyclic) bond motifs is 2. The standard InChI is InChI=1S/C23H21N5O2S/c1-27-19-7-16-9-24-10-17(16)8-21(19)31-13-18(23(27)30)26-22(29)20-11-25-14-28(20)12-15-5-3-2-4-6-15/h2-9,11,14,18H,10,12-13H2,1H3,(H,26,29)/t18-/m0/s1. The van der Waals surface area contributed by atoms with Crippen LogP contribution in [0.25, 0.3) is 0 Å². The number of aromatic nitrogens is 2. The summed E-state index contributed by atoms with van der Waals surface area (Å²) in [5.74, 6) is 0.0268. The zero-order valence-corrected chi connectivity index (χ0v) is 17.8. The van der Waals surface area contributed by atoms with E-state index in [2.05, 4.69) is 21.4 Å². The van der Waals surface area contributed by atoms with Gasteiger partial charge in [-0.1, -0.05) is 30.3 Å². The van der Waals surface area contributed by atoms with E-state index in [4.69, 9.17) is 0 Å². The summed E-state index contributed by atoms with van der Waals surface area (Å²) in [6, 6.07) is 13.4. The van der Waals surface area contributed by atoms with Gasteiger partial charge in [0.05, 0.1) is 24.8 Å². The number of nitrogens with zero attached hydrogens (tertiary/aromatic N) is 4. The number of thioether (sulfide) groups is 1. The van der Waals surface area contributed by atoms with Gasteiger partial charge in [-0.2, -0.15) is 0 Å². The zero-order chi connectivity index (χ0) is 21.4. The van der Waals surface area contributed by atoms with Crippen molar-refractivity contribution in [1.29, 1.82) is 0 Å². The summed E-state index contributed by atoms with van der Waals surface area (Å²) in [7, 11) is 1.75. The number of imidazole rings is 1. The Hall–Kier alpha value is -3.39. The molecule has 7 nitrogen and oxygen atoms in total. The molecule has 8 heteroatoms. The number of anilines is 1. The van der Waals surface area contributed by atoms with Crippen molar-refractivity contribution >= 4 is 35.5 Å². The Kier molecular flexibility index (Phi) is 5.07. The van der Waals surface area contributed by atoms with Crippen LogP contribution in [0, 0.1) is 0 Å². The highest BCUT2D eigenvalue weighted by atomic mass is 32.2. The van der Waals surface area contributed by atoms with E-state index in [0.717, 1.165) is 21.7 Å². The van der Waals surface area contributed by atoms with Gasteiger partial charge in [0.25, 0.3) is 5.91 Å². The molecule has 0 fully saturated rings. The molecule has 0 saturated carbocycles. The first-order chi connectivity index (χ1) is 15.1. The van der Waals surface area contributed by atoms with Gasteiger partial charge in [0.1, 0.15) is 11.7 Å². The second-order valence-corrected chi connectivity index (χ2v) is 8.68. The molecule has 156 valence electrons. The smallest absolute Gasteiger partial charge is 0.270 e. The average molecular weight is 432 g/mol. The van der Waals surface area contributed by atoms with Gasteiger partial charge in [-0.3, -0.25) is 14.6 Å². The molecule has 0 radical (unpaired) electrons. The molecule has 2 amide bonds. The zero-order valence-electron chi connectivity index (χ0n) is 17.0. The molecule has 1 N–H and O–H groups in total. The van der Waals surface area contributed by atoms with Crippen LogP contribution in [-0.2, 0) is 17.9 Å². The number of amides is 2. The first-order valence-electron chi connectivity index (χ1n) is 10.0. The molecule has 0 saturated heterocycles. The number of aliphatic imine (C=N–C) groups is 1. The van der Waals surface area contributed by atoms with Crippen LogP contribution in [0.3, 0.4) is 0 Å². The molecule has 2 aliphatic heterocycles. The maximum Gasteiger partial charge on any atom is 0.270 e. The number of rotatable bonds is 4. The minimum atomic E-state index is -0.626. The van der Waals surface area contributed by atoms with Gasteiger partial charge < -0.3 is 14.8 Å². The number of hydrogen-bond acceptors (Lipinski definition) is 5. The summed E-state index contributed by atoms with van der Waals surface area (Å²) in [6.45, 7) is 1.21. The highest BCUT2D eigenvalue weighted by Gasteiger charge is 2.31. The number of hydrogen-bond donors (Lipinski definition) is 1. The molecular weight excluding hydrogens is 410 g/mol. The molecule has 0 aliphatic carbocycles. The van der Waals surface area contributed by atoms with Gasteiger partial charge in [0.15, 0.2) is 0 Å². The molecule has 0 unspecified atom stereocenters. The predicted molar refractivity (Wildman–Crippen MR) is 121 cm³/mol. The third-order valence-corrected chi connectivity index (χ3v) is 6.69. The van der Waals surface area contributed by atoms with Gasteiger partial charge >= 0.3 is 0 Å². The fraction of sp³-hybridized carbons (Fsp3) is 0.217. The first kappa shape index (κ1) is 19.6. The van der Waals surface area contributed by atoms with Crippen molar-refractivity contribution in [2.75, 3.05) is 17.7 Å². The molecule has 5 rings (SSSR count). The van der Waals surface area contributed by atoms with E-state index in [9.17, 15) is 9.59 Å². The van der Waals surface area contributed by atoms with E-state index in [-0.39, 0.29) is 11.8 Å². The molecule has 0 spiro atoms. The van der Waals surface area contributed by atoms with Crippen molar-refractivity contribution in [2.45, 2.75) is 24.0 Å². The van der Waals surface area contributed by atoms with Crippen molar-refractivity contribution < 1.29 is 9.59 Å². The van der Waals surface area contributed by atoms with Crippen molar-refractivity contribution in [2.24, 2.45) is 4.99 Å². The van der Waals surface area contributed by atoms with Crippen molar-refractivity contribution in [3.05, 3.63) is 77.4 Å². The fourth-order valence-electron chi connectivity index (χ4n) is 3.85. The summed E-state index contributed by atoms with van der Waals surface area (Å²) >= 11 is 1.58. The highest BCUT2D eigenvalue weighted by Crippen LogP contribution is 2.37. The maximum atomic E-state index is 13.1. The Bertz CT molecular complexity index is 1190. The van der Waals surface area contributed by atoms with Gasteiger partial charge in [0, 0.05) is 30.5 Å². The van der Waals surface area contributed by atoms with Crippen LogP contribution in [0.5, 0.6) is 0 Å². The summed E-state index contributed by atoms with van der Waals surface area (Å²) < 4.78 is 1.79. The largest absolute Gasteiger partial charge is 0.338 e. The van der Waals surface area contributed by atoms with Crippen molar-refractivity contribution in [3.8, 4) is 0 Å². The Balaban J connectivity index is 1.34. The molecule has 2 aromatic carbocycles. The van der Waals surface area contributed by atoms with Crippen LogP contribution in [0.2, 0.25) is 0 Å². The Labute approximate surface area is 184 Å². The van der Waals surface area contributed by atoms with Crippen LogP contribution in [-0.4, -0.2) is 46.4 Å². The van der Waals surface area contributed by atoms with Crippen molar-refractivity contribution in [3.63, 3.8) is 0 Å². The number of nitrogens with one attached hydrogen (secondary N) is 1. The summed E-state index contributed by atoms with van der Waals surface area (Å²) in [6.07, 6.45) is 5.02. The lowest BCUT2D eigenvalue weighted by atomic mass is 10.1. The molecule has 31 heavy (non-hydrogen) atoms. The van der Waals surface area contributed by atoms with Crippen molar-refractivity contribution in [1.82, 2.24) is 14.9 Å². The minimum Gasteiger partial charge on any atom is -0.338 e. The monoisotopic (exact) mass is 431 g/mol. The lowest BCUT2D eigenvalue weighted by Gasteiger charge is -2.22. The van der Waals surface area contributed by atoms with Crippen LogP contribution in [0.4, 0.5) is 5.69 Å². The van der Waals surface area contributed by atoms with E-state index in [1.807, 2.05) is 42.6 Å². The number of carbonyl (C=O) groups excluding carboxylic acids is 2. The van der Waals surface area contributed by atoms with E-state index in [1.165, 1.54) is 11.8 Å². The van der Waals surface area contributed by atoms with Crippen LogP contribution in [0.1, 0.15) is 27.2 Å². The Morgan fingerprint density at radius 3 is 2.94 bits per heavy atom. The lowest BCUT2D eigenvalue weighted by Crippen LogP contribution is -2.48. The molecular formula is C23H21N5O2S. The van der Waals surface area contributed by atoms with E-state index in [0.29, 0.717) is 24.5 Å². The van der Waals surface area contributed by atoms with E-state index >= 15 is 0 Å². The SMILES string of the molecule is CN1C(=O)[C@@H](NC(=O)c2cncn2Cc2ccccc2)CSc2cc3c(cc21)C=NC3. The topological polar surface area (TPSA) is 79.6 Å². The third-order valence-electron chi connectivity index (χ3n) is 5.55. The molecule has 3 aromatic rings. The molecule has 1 aromatic heterocycles. The number of carbonyl (C=O) groups is 2. The van der Waals surface area contributed by atoms with Crippen LogP contribution < -0.4 is 10.2 Å². The summed E-state index contributed by atoms with van der Waals surface area (Å²) in [4.78, 5) is 37.3. The summed E-state index contributed by atoms with van der Waals surface area (Å²) in [5, 5.41) is 2.92. The maximum absolute atomic E-state index is 13.1. The second kappa shape index (κ2) is 8.03.